The molecular formula is C45H53ClF3NO6. The highest BCUT2D eigenvalue weighted by Crippen LogP contribution is 2.48. The lowest BCUT2D eigenvalue weighted by atomic mass is 9.69. The van der Waals surface area contributed by atoms with Crippen molar-refractivity contribution in [1.82, 2.24) is 5.32 Å². The van der Waals surface area contributed by atoms with E-state index >= 15 is 13.2 Å². The van der Waals surface area contributed by atoms with Crippen LogP contribution in [0.5, 0.6) is 11.5 Å². The molecule has 1 aliphatic heterocycles. The van der Waals surface area contributed by atoms with Crippen molar-refractivity contribution in [3.05, 3.63) is 91.1 Å². The fourth-order valence-electron chi connectivity index (χ4n) is 9.01. The van der Waals surface area contributed by atoms with E-state index < -0.39 is 46.0 Å². The minimum absolute atomic E-state index is 0.00327. The molecule has 0 radical (unpaired) electrons. The topological polar surface area (TPSA) is 94.1 Å². The molecule has 2 atom stereocenters. The zero-order valence-corrected chi connectivity index (χ0v) is 34.0. The molecule has 0 spiro atoms. The van der Waals surface area contributed by atoms with Crippen molar-refractivity contribution in [2.75, 3.05) is 38.9 Å². The minimum Gasteiger partial charge on any atom is -0.478 e. The highest BCUT2D eigenvalue weighted by Gasteiger charge is 2.38. The second kappa shape index (κ2) is 16.9. The summed E-state index contributed by atoms with van der Waals surface area (Å²) in [5, 5.41) is 14.1. The van der Waals surface area contributed by atoms with Crippen molar-refractivity contribution in [3.8, 4) is 11.5 Å². The SMILES string of the molecule is CC1CC(C)(C)Cc2cc3c(cc21)C(c1c(F)c(C(=O)NCCOCCOCCCCCCCl)c(F)c(F)c1C(=O)O)=c1cc2c(cc1O3)=CC(C)(C)CC2C. The third-order valence-electron chi connectivity index (χ3n) is 11.2. The molecule has 2 aliphatic carbocycles. The van der Waals surface area contributed by atoms with Gasteiger partial charge in [-0.05, 0) is 101 Å². The fraction of sp³-hybridized carbons (Fsp3) is 0.511. The quantitative estimate of drug-likeness (QED) is 0.0709. The van der Waals surface area contributed by atoms with Crippen LogP contribution in [0.4, 0.5) is 13.2 Å². The number of carboxylic acid groups (broad SMARTS) is 1. The molecule has 3 aromatic rings. The number of carboxylic acids is 1. The molecule has 2 unspecified atom stereocenters. The molecule has 302 valence electrons. The number of rotatable bonds is 15. The second-order valence-electron chi connectivity index (χ2n) is 17.1. The molecule has 0 aromatic heterocycles. The van der Waals surface area contributed by atoms with Gasteiger partial charge in [-0.25, -0.2) is 18.0 Å². The van der Waals surface area contributed by atoms with Gasteiger partial charge in [0, 0.05) is 41.0 Å². The number of alkyl halides is 1. The summed E-state index contributed by atoms with van der Waals surface area (Å²) in [6.45, 7) is 13.9. The lowest BCUT2D eigenvalue weighted by Crippen LogP contribution is -2.32. The number of halogens is 4. The maximum Gasteiger partial charge on any atom is 0.339 e. The van der Waals surface area contributed by atoms with Crippen molar-refractivity contribution in [1.29, 1.82) is 0 Å². The zero-order chi connectivity index (χ0) is 40.5. The highest BCUT2D eigenvalue weighted by molar-refractivity contribution is 6.17. The molecular weight excluding hydrogens is 743 g/mol. The Morgan fingerprint density at radius 2 is 1.52 bits per heavy atom. The van der Waals surface area contributed by atoms with Gasteiger partial charge in [0.1, 0.15) is 28.4 Å². The molecule has 6 rings (SSSR count). The standard InChI is InChI=1S/C45H53ClF3NO6/c1-25-21-44(3,4)23-27-17-33-31(19-29(25)27)35(32-20-30-26(2)22-45(5,6)24-28(30)18-34(32)56-33)36-37(43(52)53)40(48)41(49)38(39(36)47)42(51)50-12-14-55-16-15-54-13-10-8-7-9-11-46/h17-20,23,25-26H,7-16,21-22,24H2,1-6H3,(H,50,51)(H,52,53). The van der Waals surface area contributed by atoms with Gasteiger partial charge in [-0.3, -0.25) is 4.79 Å². The summed E-state index contributed by atoms with van der Waals surface area (Å²) in [6.07, 6.45) is 8.55. The third-order valence-corrected chi connectivity index (χ3v) is 11.5. The first-order chi connectivity index (χ1) is 26.5. The summed E-state index contributed by atoms with van der Waals surface area (Å²) >= 11 is 5.70. The van der Waals surface area contributed by atoms with E-state index in [2.05, 4.69) is 52.9 Å². The number of unbranched alkanes of at least 4 members (excludes halogenated alkanes) is 3. The molecule has 1 amide bonds. The first-order valence-corrected chi connectivity index (χ1v) is 20.3. The monoisotopic (exact) mass is 795 g/mol. The molecule has 2 N–H and O–H groups in total. The van der Waals surface area contributed by atoms with E-state index in [4.69, 9.17) is 25.8 Å². The largest absolute Gasteiger partial charge is 0.478 e. The Bertz CT molecular complexity index is 2150. The van der Waals surface area contributed by atoms with Crippen LogP contribution in [0.3, 0.4) is 0 Å². The van der Waals surface area contributed by atoms with Crippen LogP contribution in [0.1, 0.15) is 140 Å². The fourth-order valence-corrected chi connectivity index (χ4v) is 9.20. The van der Waals surface area contributed by atoms with Gasteiger partial charge in [-0.15, -0.1) is 11.6 Å². The number of aromatic carboxylic acids is 1. The van der Waals surface area contributed by atoms with E-state index in [0.717, 1.165) is 66.9 Å². The number of hydrogen-bond donors (Lipinski definition) is 2. The summed E-state index contributed by atoms with van der Waals surface area (Å²) in [5.41, 5.74) is 0.120. The van der Waals surface area contributed by atoms with E-state index in [1.165, 1.54) is 0 Å². The highest BCUT2D eigenvalue weighted by atomic mass is 35.5. The molecule has 3 aliphatic rings. The van der Waals surface area contributed by atoms with E-state index in [-0.39, 0.29) is 48.0 Å². The Kier molecular flexibility index (Phi) is 12.6. The van der Waals surface area contributed by atoms with E-state index in [9.17, 15) is 14.7 Å². The van der Waals surface area contributed by atoms with Crippen molar-refractivity contribution in [3.63, 3.8) is 0 Å². The van der Waals surface area contributed by atoms with Crippen LogP contribution in [-0.2, 0) is 15.9 Å². The molecule has 56 heavy (non-hydrogen) atoms. The second-order valence-corrected chi connectivity index (χ2v) is 17.5. The first-order valence-electron chi connectivity index (χ1n) is 19.7. The van der Waals surface area contributed by atoms with Gasteiger partial charge in [0.25, 0.3) is 5.91 Å². The summed E-state index contributed by atoms with van der Waals surface area (Å²) in [7, 11) is 0. The number of fused-ring (bicyclic) bond motifs is 4. The third kappa shape index (κ3) is 8.67. The van der Waals surface area contributed by atoms with Crippen molar-refractivity contribution >= 4 is 35.1 Å². The lowest BCUT2D eigenvalue weighted by molar-refractivity contribution is 0.0468. The predicted molar refractivity (Wildman–Crippen MR) is 212 cm³/mol. The summed E-state index contributed by atoms with van der Waals surface area (Å²) in [6, 6.07) is 7.48. The van der Waals surface area contributed by atoms with Crippen LogP contribution < -0.4 is 20.5 Å². The summed E-state index contributed by atoms with van der Waals surface area (Å²) in [4.78, 5) is 26.3. The number of ether oxygens (including phenoxy) is 3. The van der Waals surface area contributed by atoms with Crippen LogP contribution in [0.25, 0.3) is 11.6 Å². The number of benzene rings is 3. The molecule has 0 saturated carbocycles. The average Bonchev–Trinajstić information content (AvgIpc) is 3.10. The zero-order valence-electron chi connectivity index (χ0n) is 33.2. The van der Waals surface area contributed by atoms with Gasteiger partial charge < -0.3 is 24.6 Å². The molecule has 0 saturated heterocycles. The van der Waals surface area contributed by atoms with E-state index in [1.54, 1.807) is 0 Å². The van der Waals surface area contributed by atoms with Gasteiger partial charge in [0.2, 0.25) is 0 Å². The molecule has 0 bridgehead atoms. The summed E-state index contributed by atoms with van der Waals surface area (Å²) < 4.78 is 66.8. The van der Waals surface area contributed by atoms with Crippen LogP contribution in [0.15, 0.2) is 24.3 Å². The lowest BCUT2D eigenvalue weighted by Gasteiger charge is -2.37. The number of amides is 1. The normalized spacial score (nSPS) is 18.9. The molecule has 7 nitrogen and oxygen atoms in total. The van der Waals surface area contributed by atoms with Crippen LogP contribution >= 0.6 is 11.6 Å². The Labute approximate surface area is 332 Å². The molecule has 3 aromatic carbocycles. The van der Waals surface area contributed by atoms with Crippen molar-refractivity contribution < 1.29 is 42.1 Å². The van der Waals surface area contributed by atoms with E-state index in [1.807, 2.05) is 24.3 Å². The Hall–Kier alpha value is -3.86. The van der Waals surface area contributed by atoms with Gasteiger partial charge in [0.15, 0.2) is 11.6 Å². The maximum atomic E-state index is 17.2. The summed E-state index contributed by atoms with van der Waals surface area (Å²) in [5.74, 6) is -6.81. The smallest absolute Gasteiger partial charge is 0.339 e. The van der Waals surface area contributed by atoms with Gasteiger partial charge >= 0.3 is 5.97 Å². The molecule has 1 heterocycles. The number of carbonyl (C=O) groups is 2. The number of carbonyl (C=O) groups excluding carboxylic acids is 1. The van der Waals surface area contributed by atoms with E-state index in [0.29, 0.717) is 41.4 Å². The maximum absolute atomic E-state index is 17.2. The number of nitrogens with one attached hydrogen (secondary N) is 1. The van der Waals surface area contributed by atoms with Gasteiger partial charge in [-0.1, -0.05) is 60.5 Å². The van der Waals surface area contributed by atoms with Crippen LogP contribution in [-0.4, -0.2) is 55.8 Å². The van der Waals surface area contributed by atoms with Crippen molar-refractivity contribution in [2.45, 2.75) is 98.3 Å². The predicted octanol–water partition coefficient (Wildman–Crippen LogP) is 9.11. The molecule has 11 heteroatoms. The van der Waals surface area contributed by atoms with Gasteiger partial charge in [-0.2, -0.15) is 0 Å². The molecule has 0 fully saturated rings. The Morgan fingerprint density at radius 3 is 2.23 bits per heavy atom. The average molecular weight is 796 g/mol. The van der Waals surface area contributed by atoms with Crippen LogP contribution in [0, 0.1) is 28.3 Å². The first kappa shape index (κ1) is 41.8. The Morgan fingerprint density at radius 1 is 0.839 bits per heavy atom. The van der Waals surface area contributed by atoms with Gasteiger partial charge in [0.05, 0.1) is 19.8 Å². The number of hydrogen-bond acceptors (Lipinski definition) is 5. The van der Waals surface area contributed by atoms with Crippen molar-refractivity contribution in [2.24, 2.45) is 10.8 Å². The van der Waals surface area contributed by atoms with Crippen LogP contribution in [0.2, 0.25) is 0 Å². The Balaban J connectivity index is 1.42. The minimum atomic E-state index is -1.88.